The number of hydrogen-bond acceptors (Lipinski definition) is 1. The number of ether oxygens (including phenoxy) is 1. The van der Waals surface area contributed by atoms with Gasteiger partial charge >= 0.3 is 0 Å². The van der Waals surface area contributed by atoms with Crippen molar-refractivity contribution in [1.29, 1.82) is 0 Å². The van der Waals surface area contributed by atoms with Gasteiger partial charge in [0.1, 0.15) is 5.76 Å². The zero-order valence-corrected chi connectivity index (χ0v) is 6.82. The Bertz CT molecular complexity index is 150. The van der Waals surface area contributed by atoms with E-state index < -0.39 is 0 Å². The molecule has 1 nitrogen and oxygen atoms in total. The summed E-state index contributed by atoms with van der Waals surface area (Å²) < 4.78 is 5.10. The summed E-state index contributed by atoms with van der Waals surface area (Å²) in [4.78, 5) is 0. The van der Waals surface area contributed by atoms with E-state index in [-0.39, 0.29) is 0 Å². The second kappa shape index (κ2) is 3.67. The van der Waals surface area contributed by atoms with E-state index in [1.165, 1.54) is 0 Å². The summed E-state index contributed by atoms with van der Waals surface area (Å²) in [6, 6.07) is 0. The van der Waals surface area contributed by atoms with Gasteiger partial charge in [-0.3, -0.25) is 0 Å². The van der Waals surface area contributed by atoms with Crippen LogP contribution >= 0.6 is 11.6 Å². The Kier molecular flexibility index (Phi) is 2.82. The smallest absolute Gasteiger partial charge is 0.118 e. The van der Waals surface area contributed by atoms with Crippen molar-refractivity contribution in [3.05, 3.63) is 23.5 Å². The Labute approximate surface area is 66.3 Å². The SMILES string of the molecule is COC1=CCCC=C1CCl. The zero-order valence-electron chi connectivity index (χ0n) is 6.06. The fourth-order valence-electron chi connectivity index (χ4n) is 1.04. The summed E-state index contributed by atoms with van der Waals surface area (Å²) in [5.41, 5.74) is 1.12. The third-order valence-corrected chi connectivity index (χ3v) is 1.86. The molecule has 56 valence electrons. The summed E-state index contributed by atoms with van der Waals surface area (Å²) in [7, 11) is 1.68. The Morgan fingerprint density at radius 1 is 1.50 bits per heavy atom. The van der Waals surface area contributed by atoms with Gasteiger partial charge < -0.3 is 4.74 Å². The van der Waals surface area contributed by atoms with Crippen LogP contribution in [0.15, 0.2) is 23.5 Å². The molecule has 0 saturated carbocycles. The van der Waals surface area contributed by atoms with Crippen LogP contribution in [0.1, 0.15) is 12.8 Å². The van der Waals surface area contributed by atoms with Crippen LogP contribution in [0.25, 0.3) is 0 Å². The third-order valence-electron chi connectivity index (χ3n) is 1.57. The molecule has 0 spiro atoms. The lowest BCUT2D eigenvalue weighted by atomic mass is 10.1. The highest BCUT2D eigenvalue weighted by molar-refractivity contribution is 6.19. The van der Waals surface area contributed by atoms with Gasteiger partial charge in [-0.1, -0.05) is 6.08 Å². The van der Waals surface area contributed by atoms with Crippen molar-refractivity contribution in [3.8, 4) is 0 Å². The minimum Gasteiger partial charge on any atom is -0.497 e. The molecule has 0 heterocycles. The first-order valence-corrected chi connectivity index (χ1v) is 3.91. The topological polar surface area (TPSA) is 9.23 Å². The van der Waals surface area contributed by atoms with Crippen LogP contribution in [0.2, 0.25) is 0 Å². The number of allylic oxidation sites excluding steroid dienone is 3. The van der Waals surface area contributed by atoms with E-state index in [1.807, 2.05) is 0 Å². The van der Waals surface area contributed by atoms with Crippen LogP contribution in [-0.2, 0) is 4.74 Å². The highest BCUT2D eigenvalue weighted by Crippen LogP contribution is 2.19. The first-order chi connectivity index (χ1) is 4.88. The molecule has 1 aliphatic rings. The molecule has 0 N–H and O–H groups in total. The number of alkyl halides is 1. The van der Waals surface area contributed by atoms with E-state index in [0.29, 0.717) is 5.88 Å². The molecule has 1 aliphatic carbocycles. The van der Waals surface area contributed by atoms with Crippen molar-refractivity contribution in [2.45, 2.75) is 12.8 Å². The summed E-state index contributed by atoms with van der Waals surface area (Å²) in [5.74, 6) is 1.50. The molecule has 0 fully saturated rings. The second-order valence-electron chi connectivity index (χ2n) is 2.21. The monoisotopic (exact) mass is 158 g/mol. The molecular weight excluding hydrogens is 148 g/mol. The molecule has 2 heteroatoms. The lowest BCUT2D eigenvalue weighted by Gasteiger charge is -2.11. The van der Waals surface area contributed by atoms with Crippen LogP contribution in [0, 0.1) is 0 Å². The Balaban J connectivity index is 2.67. The largest absolute Gasteiger partial charge is 0.497 e. The predicted octanol–water partition coefficient (Wildman–Crippen LogP) is 2.48. The van der Waals surface area contributed by atoms with E-state index in [0.717, 1.165) is 24.2 Å². The van der Waals surface area contributed by atoms with Crippen molar-refractivity contribution >= 4 is 11.6 Å². The van der Waals surface area contributed by atoms with Crippen molar-refractivity contribution in [2.24, 2.45) is 0 Å². The Morgan fingerprint density at radius 2 is 2.20 bits per heavy atom. The molecule has 0 unspecified atom stereocenters. The maximum Gasteiger partial charge on any atom is 0.118 e. The molecule has 0 aromatic rings. The summed E-state index contributed by atoms with van der Waals surface area (Å²) >= 11 is 5.66. The van der Waals surface area contributed by atoms with Gasteiger partial charge in [0, 0.05) is 5.57 Å². The van der Waals surface area contributed by atoms with Gasteiger partial charge in [-0.25, -0.2) is 0 Å². The minimum atomic E-state index is 0.555. The highest BCUT2D eigenvalue weighted by Gasteiger charge is 2.06. The number of methoxy groups -OCH3 is 1. The van der Waals surface area contributed by atoms with Crippen molar-refractivity contribution in [2.75, 3.05) is 13.0 Å². The van der Waals surface area contributed by atoms with Crippen LogP contribution < -0.4 is 0 Å². The first kappa shape index (κ1) is 7.67. The molecular formula is C8H11ClO. The molecule has 10 heavy (non-hydrogen) atoms. The van der Waals surface area contributed by atoms with E-state index in [2.05, 4.69) is 12.2 Å². The molecule has 1 rings (SSSR count). The van der Waals surface area contributed by atoms with Crippen LogP contribution in [0.4, 0.5) is 0 Å². The van der Waals surface area contributed by atoms with E-state index in [1.54, 1.807) is 7.11 Å². The standard InChI is InChI=1S/C8H11ClO/c1-10-8-5-3-2-4-7(8)6-9/h4-5H,2-3,6H2,1H3. The average Bonchev–Trinajstić information content (AvgIpc) is 2.04. The van der Waals surface area contributed by atoms with Crippen molar-refractivity contribution in [1.82, 2.24) is 0 Å². The highest BCUT2D eigenvalue weighted by atomic mass is 35.5. The van der Waals surface area contributed by atoms with Gasteiger partial charge in [-0.15, -0.1) is 11.6 Å². The minimum absolute atomic E-state index is 0.555. The summed E-state index contributed by atoms with van der Waals surface area (Å²) in [6.45, 7) is 0. The lowest BCUT2D eigenvalue weighted by Crippen LogP contribution is -1.98. The fourth-order valence-corrected chi connectivity index (χ4v) is 1.28. The third kappa shape index (κ3) is 1.54. The average molecular weight is 159 g/mol. The van der Waals surface area contributed by atoms with Crippen LogP contribution in [0.3, 0.4) is 0 Å². The Hall–Kier alpha value is -0.430. The predicted molar refractivity (Wildman–Crippen MR) is 43.1 cm³/mol. The van der Waals surface area contributed by atoms with Gasteiger partial charge in [0.05, 0.1) is 13.0 Å². The Morgan fingerprint density at radius 3 is 2.70 bits per heavy atom. The van der Waals surface area contributed by atoms with Crippen molar-refractivity contribution in [3.63, 3.8) is 0 Å². The van der Waals surface area contributed by atoms with Gasteiger partial charge in [-0.05, 0) is 18.9 Å². The van der Waals surface area contributed by atoms with E-state index in [9.17, 15) is 0 Å². The van der Waals surface area contributed by atoms with Gasteiger partial charge in [-0.2, -0.15) is 0 Å². The van der Waals surface area contributed by atoms with Gasteiger partial charge in [0.15, 0.2) is 0 Å². The van der Waals surface area contributed by atoms with Crippen LogP contribution in [-0.4, -0.2) is 13.0 Å². The number of hydrogen-bond donors (Lipinski definition) is 0. The zero-order chi connectivity index (χ0) is 7.40. The quantitative estimate of drug-likeness (QED) is 0.561. The molecule has 0 aromatic carbocycles. The lowest BCUT2D eigenvalue weighted by molar-refractivity contribution is 0.297. The van der Waals surface area contributed by atoms with Gasteiger partial charge in [0.25, 0.3) is 0 Å². The van der Waals surface area contributed by atoms with Crippen molar-refractivity contribution < 1.29 is 4.74 Å². The van der Waals surface area contributed by atoms with E-state index >= 15 is 0 Å². The normalized spacial score (nSPS) is 17.8. The number of halogens is 1. The van der Waals surface area contributed by atoms with Gasteiger partial charge in [0.2, 0.25) is 0 Å². The van der Waals surface area contributed by atoms with E-state index in [4.69, 9.17) is 16.3 Å². The molecule has 0 aromatic heterocycles. The maximum absolute atomic E-state index is 5.66. The molecule has 0 radical (unpaired) electrons. The fraction of sp³-hybridized carbons (Fsp3) is 0.500. The second-order valence-corrected chi connectivity index (χ2v) is 2.48. The number of rotatable bonds is 2. The summed E-state index contributed by atoms with van der Waals surface area (Å²) in [6.07, 6.45) is 6.38. The first-order valence-electron chi connectivity index (χ1n) is 3.38. The molecule has 0 atom stereocenters. The summed E-state index contributed by atoms with van der Waals surface area (Å²) in [5, 5.41) is 0. The molecule has 0 amide bonds. The van der Waals surface area contributed by atoms with Crippen LogP contribution in [0.5, 0.6) is 0 Å². The molecule has 0 aliphatic heterocycles. The maximum atomic E-state index is 5.66. The molecule has 0 saturated heterocycles. The molecule has 0 bridgehead atoms.